The van der Waals surface area contributed by atoms with E-state index in [4.69, 9.17) is 28.1 Å². The summed E-state index contributed by atoms with van der Waals surface area (Å²) in [7, 11) is 4.16. The van der Waals surface area contributed by atoms with Crippen LogP contribution in [0.2, 0.25) is 0 Å². The van der Waals surface area contributed by atoms with E-state index in [9.17, 15) is 30.3 Å². The maximum absolute atomic E-state index is 13.3. The molecule has 2 heterocycles. The molecule has 194 valence electrons. The van der Waals surface area contributed by atoms with Gasteiger partial charge in [-0.05, 0) is 17.7 Å². The molecule has 5 atom stereocenters. The van der Waals surface area contributed by atoms with Crippen molar-refractivity contribution in [3.63, 3.8) is 0 Å². The summed E-state index contributed by atoms with van der Waals surface area (Å²) >= 11 is 0. The number of phenolic OH excluding ortho intramolecular Hbond substituents is 1. The summed E-state index contributed by atoms with van der Waals surface area (Å²) in [5.41, 5.74) is -0.0625. The van der Waals surface area contributed by atoms with Crippen molar-refractivity contribution >= 4 is 11.0 Å². The lowest BCUT2D eigenvalue weighted by atomic mass is 9.99. The number of benzene rings is 2. The molecular weight excluding hydrogens is 480 g/mol. The highest BCUT2D eigenvalue weighted by atomic mass is 16.7. The molecule has 12 nitrogen and oxygen atoms in total. The van der Waals surface area contributed by atoms with E-state index < -0.39 is 48.5 Å². The fourth-order valence-corrected chi connectivity index (χ4v) is 4.00. The van der Waals surface area contributed by atoms with E-state index in [1.54, 1.807) is 18.2 Å². The molecule has 0 aliphatic carbocycles. The molecule has 1 fully saturated rings. The molecule has 3 aromatic rings. The Morgan fingerprint density at radius 3 is 2.28 bits per heavy atom. The highest BCUT2D eigenvalue weighted by Gasteiger charge is 2.45. The Morgan fingerprint density at radius 1 is 0.917 bits per heavy atom. The quantitative estimate of drug-likeness (QED) is 0.298. The first-order valence-electron chi connectivity index (χ1n) is 10.8. The molecule has 5 N–H and O–H groups in total. The zero-order valence-electron chi connectivity index (χ0n) is 19.6. The van der Waals surface area contributed by atoms with E-state index in [0.717, 1.165) is 0 Å². The summed E-state index contributed by atoms with van der Waals surface area (Å²) in [5.74, 6) is -0.193. The summed E-state index contributed by atoms with van der Waals surface area (Å²) in [6.45, 7) is -0.654. The van der Waals surface area contributed by atoms with Gasteiger partial charge in [0, 0.05) is 6.07 Å². The number of phenols is 1. The lowest BCUT2D eigenvalue weighted by Crippen LogP contribution is -2.60. The Hall–Kier alpha value is -3.55. The van der Waals surface area contributed by atoms with Crippen molar-refractivity contribution in [1.29, 1.82) is 0 Å². The molecule has 1 saturated heterocycles. The van der Waals surface area contributed by atoms with Crippen molar-refractivity contribution in [2.75, 3.05) is 27.9 Å². The normalized spacial score (nSPS) is 23.9. The van der Waals surface area contributed by atoms with Gasteiger partial charge in [0.1, 0.15) is 41.6 Å². The van der Waals surface area contributed by atoms with Gasteiger partial charge in [0.2, 0.25) is 17.5 Å². The van der Waals surface area contributed by atoms with Gasteiger partial charge in [0.15, 0.2) is 23.0 Å². The molecule has 2 aromatic carbocycles. The zero-order chi connectivity index (χ0) is 26.1. The fraction of sp³-hybridized carbons (Fsp3) is 0.375. The first kappa shape index (κ1) is 25.5. The minimum Gasteiger partial charge on any atom is -0.504 e. The molecule has 1 aliphatic heterocycles. The second kappa shape index (κ2) is 10.2. The van der Waals surface area contributed by atoms with Gasteiger partial charge >= 0.3 is 0 Å². The minimum atomic E-state index is -1.70. The van der Waals surface area contributed by atoms with Crippen LogP contribution in [0.4, 0.5) is 0 Å². The maximum Gasteiger partial charge on any atom is 0.229 e. The Kier molecular flexibility index (Phi) is 7.24. The van der Waals surface area contributed by atoms with Crippen LogP contribution in [0, 0.1) is 0 Å². The van der Waals surface area contributed by atoms with Crippen molar-refractivity contribution in [3.05, 3.63) is 40.8 Å². The number of methoxy groups -OCH3 is 3. The largest absolute Gasteiger partial charge is 0.504 e. The smallest absolute Gasteiger partial charge is 0.229 e. The molecule has 1 aliphatic rings. The number of aliphatic hydroxyl groups is 4. The SMILES string of the molecule is COc1ccc(-c2coc3cc(O[C@@H]4O[C@@H](CO)[C@@H](O)[C@H](O)[C@@H]4O)c(OC)c(O)c3c2=O)cc1OC. The summed E-state index contributed by atoms with van der Waals surface area (Å²) in [6.07, 6.45) is -6.52. The van der Waals surface area contributed by atoms with E-state index in [-0.39, 0.29) is 28.0 Å². The molecule has 0 radical (unpaired) electrons. The summed E-state index contributed by atoms with van der Waals surface area (Å²) in [5, 5.41) is 50.4. The summed E-state index contributed by atoms with van der Waals surface area (Å²) in [4.78, 5) is 13.3. The monoisotopic (exact) mass is 506 g/mol. The van der Waals surface area contributed by atoms with Gasteiger partial charge in [-0.3, -0.25) is 4.79 Å². The molecule has 4 rings (SSSR count). The van der Waals surface area contributed by atoms with Crippen molar-refractivity contribution in [2.24, 2.45) is 0 Å². The molecule has 0 bridgehead atoms. The first-order chi connectivity index (χ1) is 17.2. The molecule has 1 aromatic heterocycles. The van der Waals surface area contributed by atoms with Crippen LogP contribution in [0.5, 0.6) is 28.7 Å². The van der Waals surface area contributed by atoms with Crippen LogP contribution >= 0.6 is 0 Å². The van der Waals surface area contributed by atoms with Crippen LogP contribution in [0.3, 0.4) is 0 Å². The van der Waals surface area contributed by atoms with Crippen LogP contribution in [0.25, 0.3) is 22.1 Å². The van der Waals surface area contributed by atoms with Gasteiger partial charge in [-0.15, -0.1) is 0 Å². The van der Waals surface area contributed by atoms with E-state index in [1.807, 2.05) is 0 Å². The third-order valence-corrected chi connectivity index (χ3v) is 5.95. The molecule has 36 heavy (non-hydrogen) atoms. The van der Waals surface area contributed by atoms with Crippen molar-refractivity contribution in [2.45, 2.75) is 30.7 Å². The molecule has 0 amide bonds. The average Bonchev–Trinajstić information content (AvgIpc) is 2.88. The molecular formula is C24H26O12. The third kappa shape index (κ3) is 4.29. The van der Waals surface area contributed by atoms with Gasteiger partial charge in [0.05, 0.1) is 33.5 Å². The minimum absolute atomic E-state index is 0.0675. The van der Waals surface area contributed by atoms with Crippen molar-refractivity contribution in [3.8, 4) is 39.9 Å². The van der Waals surface area contributed by atoms with Gasteiger partial charge in [0.25, 0.3) is 0 Å². The third-order valence-electron chi connectivity index (χ3n) is 5.95. The van der Waals surface area contributed by atoms with Crippen molar-refractivity contribution in [1.82, 2.24) is 0 Å². The van der Waals surface area contributed by atoms with Crippen LogP contribution in [-0.4, -0.2) is 84.2 Å². The van der Waals surface area contributed by atoms with Crippen LogP contribution in [0.15, 0.2) is 39.7 Å². The highest BCUT2D eigenvalue weighted by Crippen LogP contribution is 2.43. The molecule has 0 unspecified atom stereocenters. The first-order valence-corrected chi connectivity index (χ1v) is 10.8. The standard InChI is InChI=1S/C24H26O12/c1-31-12-5-4-10(6-13(12)32-2)11-9-34-14-7-15(23(33-3)20(28)17(14)18(11)26)35-24-22(30)21(29)19(27)16(8-25)36-24/h4-7,9,16,19,21-22,24-25,27-30H,8H2,1-3H3/t16-,19+,21-,22-,24+/m0/s1. The summed E-state index contributed by atoms with van der Waals surface area (Å²) < 4.78 is 32.3. The van der Waals surface area contributed by atoms with Gasteiger partial charge < -0.3 is 53.6 Å². The van der Waals surface area contributed by atoms with E-state index in [1.165, 1.54) is 33.7 Å². The van der Waals surface area contributed by atoms with Gasteiger partial charge in [-0.25, -0.2) is 0 Å². The predicted octanol–water partition coefficient (Wildman–Crippen LogP) is 0.370. The molecule has 12 heteroatoms. The van der Waals surface area contributed by atoms with E-state index >= 15 is 0 Å². The number of hydrogen-bond donors (Lipinski definition) is 5. The Labute approximate surface area is 204 Å². The number of aromatic hydroxyl groups is 1. The Morgan fingerprint density at radius 2 is 1.64 bits per heavy atom. The number of rotatable bonds is 7. The number of fused-ring (bicyclic) bond motifs is 1. The Bertz CT molecular complexity index is 1300. The van der Waals surface area contributed by atoms with Crippen molar-refractivity contribution < 1.29 is 53.6 Å². The number of aliphatic hydroxyl groups excluding tert-OH is 4. The highest BCUT2D eigenvalue weighted by molar-refractivity contribution is 5.91. The second-order valence-corrected chi connectivity index (χ2v) is 7.99. The number of hydrogen-bond acceptors (Lipinski definition) is 12. The van der Waals surface area contributed by atoms with E-state index in [0.29, 0.717) is 17.1 Å². The lowest BCUT2D eigenvalue weighted by Gasteiger charge is -2.39. The average molecular weight is 506 g/mol. The molecule has 0 saturated carbocycles. The molecule has 0 spiro atoms. The van der Waals surface area contributed by atoms with E-state index in [2.05, 4.69) is 0 Å². The van der Waals surface area contributed by atoms with Gasteiger partial charge in [-0.2, -0.15) is 0 Å². The second-order valence-electron chi connectivity index (χ2n) is 7.99. The zero-order valence-corrected chi connectivity index (χ0v) is 19.6. The van der Waals surface area contributed by atoms with Crippen LogP contribution < -0.4 is 24.4 Å². The predicted molar refractivity (Wildman–Crippen MR) is 124 cm³/mol. The lowest BCUT2D eigenvalue weighted by molar-refractivity contribution is -0.277. The fourth-order valence-electron chi connectivity index (χ4n) is 4.00. The van der Waals surface area contributed by atoms with Crippen LogP contribution in [-0.2, 0) is 4.74 Å². The van der Waals surface area contributed by atoms with Crippen LogP contribution in [0.1, 0.15) is 0 Å². The Balaban J connectivity index is 1.78. The van der Waals surface area contributed by atoms with Gasteiger partial charge in [-0.1, -0.05) is 6.07 Å². The maximum atomic E-state index is 13.3. The summed E-state index contributed by atoms with van der Waals surface area (Å²) in [6, 6.07) is 6.08. The topological polar surface area (TPSA) is 178 Å². The number of ether oxygens (including phenoxy) is 5.